The summed E-state index contributed by atoms with van der Waals surface area (Å²) < 4.78 is 0. The first kappa shape index (κ1) is 15.2. The van der Waals surface area contributed by atoms with E-state index in [0.29, 0.717) is 0 Å². The number of pyridine rings is 1. The molecule has 0 spiro atoms. The monoisotopic (exact) mass is 284 g/mol. The van der Waals surface area contributed by atoms with Gasteiger partial charge in [0.25, 0.3) is 0 Å². The third kappa shape index (κ3) is 3.47. The van der Waals surface area contributed by atoms with Crippen LogP contribution in [-0.2, 0) is 11.2 Å². The van der Waals surface area contributed by atoms with E-state index >= 15 is 0 Å². The molecule has 0 radical (unpaired) electrons. The highest BCUT2D eigenvalue weighted by molar-refractivity contribution is 5.97. The lowest BCUT2D eigenvalue weighted by atomic mass is 9.98. The van der Waals surface area contributed by atoms with Crippen LogP contribution in [0, 0.1) is 6.92 Å². The van der Waals surface area contributed by atoms with E-state index in [0.717, 1.165) is 28.9 Å². The van der Waals surface area contributed by atoms with E-state index in [2.05, 4.69) is 10.3 Å². The molecule has 1 aromatic heterocycles. The second-order valence-corrected chi connectivity index (χ2v) is 4.92. The molecule has 4 nitrogen and oxygen atoms in total. The third-order valence-corrected chi connectivity index (χ3v) is 3.56. The number of hydrogen-bond acceptors (Lipinski definition) is 3. The number of nitrogens with zero attached hydrogens (tertiary/aromatic N) is 1. The minimum absolute atomic E-state index is 0.213. The summed E-state index contributed by atoms with van der Waals surface area (Å²) in [4.78, 5) is 16.7. The molecule has 110 valence electrons. The highest BCUT2D eigenvalue weighted by atomic mass is 16.3. The standard InChI is InChI=1S/C17H20N2O2/c1-3-13-9-10-18-12(2)16(13)19-17(21)15(11-20)14-7-5-4-6-8-14/h4-10,15,20H,3,11H2,1-2H3,(H,19,21). The van der Waals surface area contributed by atoms with Gasteiger partial charge < -0.3 is 10.4 Å². The number of nitrogens with one attached hydrogen (secondary N) is 1. The van der Waals surface area contributed by atoms with E-state index in [1.165, 1.54) is 0 Å². The molecule has 4 heteroatoms. The molecular formula is C17H20N2O2. The number of hydrogen-bond donors (Lipinski definition) is 2. The minimum atomic E-state index is -0.574. The molecular weight excluding hydrogens is 264 g/mol. The third-order valence-electron chi connectivity index (χ3n) is 3.56. The minimum Gasteiger partial charge on any atom is -0.395 e. The number of aromatic nitrogens is 1. The molecule has 0 aliphatic rings. The van der Waals surface area contributed by atoms with Gasteiger partial charge in [-0.3, -0.25) is 9.78 Å². The number of aryl methyl sites for hydroxylation is 2. The summed E-state index contributed by atoms with van der Waals surface area (Å²) in [6, 6.07) is 11.2. The molecule has 0 saturated carbocycles. The summed E-state index contributed by atoms with van der Waals surface area (Å²) in [6.07, 6.45) is 2.55. The number of amides is 1. The summed E-state index contributed by atoms with van der Waals surface area (Å²) in [7, 11) is 0. The average molecular weight is 284 g/mol. The van der Waals surface area contributed by atoms with Gasteiger partial charge in [0.15, 0.2) is 0 Å². The Hall–Kier alpha value is -2.20. The van der Waals surface area contributed by atoms with Crippen LogP contribution in [0.25, 0.3) is 0 Å². The van der Waals surface area contributed by atoms with Crippen LogP contribution in [-0.4, -0.2) is 22.6 Å². The highest BCUT2D eigenvalue weighted by Crippen LogP contribution is 2.22. The smallest absolute Gasteiger partial charge is 0.234 e. The Kier molecular flexibility index (Phi) is 5.06. The van der Waals surface area contributed by atoms with Crippen molar-refractivity contribution in [3.05, 3.63) is 59.4 Å². The Morgan fingerprint density at radius 3 is 2.62 bits per heavy atom. The van der Waals surface area contributed by atoms with Gasteiger partial charge in [-0.1, -0.05) is 37.3 Å². The van der Waals surface area contributed by atoms with Gasteiger partial charge in [0.1, 0.15) is 0 Å². The summed E-state index contributed by atoms with van der Waals surface area (Å²) in [5.74, 6) is -0.787. The van der Waals surface area contributed by atoms with E-state index in [1.807, 2.05) is 50.2 Å². The molecule has 0 aliphatic heterocycles. The Balaban J connectivity index is 2.25. The lowest BCUT2D eigenvalue weighted by Gasteiger charge is -2.17. The van der Waals surface area contributed by atoms with Crippen molar-refractivity contribution in [3.63, 3.8) is 0 Å². The van der Waals surface area contributed by atoms with Crippen LogP contribution in [0.1, 0.15) is 29.7 Å². The second kappa shape index (κ2) is 6.99. The first-order valence-electron chi connectivity index (χ1n) is 7.08. The summed E-state index contributed by atoms with van der Waals surface area (Å²) in [5.41, 5.74) is 3.38. The maximum absolute atomic E-state index is 12.5. The van der Waals surface area contributed by atoms with Crippen molar-refractivity contribution in [1.29, 1.82) is 0 Å². The quantitative estimate of drug-likeness (QED) is 0.887. The topological polar surface area (TPSA) is 62.2 Å². The number of carbonyl (C=O) groups excluding carboxylic acids is 1. The van der Waals surface area contributed by atoms with Crippen LogP contribution in [0.3, 0.4) is 0 Å². The molecule has 0 saturated heterocycles. The molecule has 2 aromatic rings. The average Bonchev–Trinajstić information content (AvgIpc) is 2.51. The number of rotatable bonds is 5. The van der Waals surface area contributed by atoms with Crippen LogP contribution >= 0.6 is 0 Å². The largest absolute Gasteiger partial charge is 0.395 e. The van der Waals surface area contributed by atoms with Gasteiger partial charge in [0.05, 0.1) is 23.9 Å². The Labute approximate surface area is 124 Å². The maximum Gasteiger partial charge on any atom is 0.234 e. The molecule has 2 rings (SSSR count). The van der Waals surface area contributed by atoms with Crippen molar-refractivity contribution in [2.45, 2.75) is 26.2 Å². The van der Waals surface area contributed by atoms with Crippen molar-refractivity contribution < 1.29 is 9.90 Å². The molecule has 1 unspecified atom stereocenters. The number of aliphatic hydroxyl groups is 1. The van der Waals surface area contributed by atoms with E-state index in [1.54, 1.807) is 6.20 Å². The second-order valence-electron chi connectivity index (χ2n) is 4.92. The predicted octanol–water partition coefficient (Wildman–Crippen LogP) is 2.67. The summed E-state index contributed by atoms with van der Waals surface area (Å²) in [5, 5.41) is 12.5. The molecule has 0 aliphatic carbocycles. The number of aliphatic hydroxyl groups excluding tert-OH is 1. The first-order chi connectivity index (χ1) is 10.2. The van der Waals surface area contributed by atoms with Crippen LogP contribution < -0.4 is 5.32 Å². The fraction of sp³-hybridized carbons (Fsp3) is 0.294. The predicted molar refractivity (Wildman–Crippen MR) is 83.3 cm³/mol. The molecule has 1 heterocycles. The van der Waals surface area contributed by atoms with Crippen molar-refractivity contribution in [1.82, 2.24) is 4.98 Å². The maximum atomic E-state index is 12.5. The van der Waals surface area contributed by atoms with Crippen molar-refractivity contribution >= 4 is 11.6 Å². The zero-order chi connectivity index (χ0) is 15.2. The zero-order valence-corrected chi connectivity index (χ0v) is 12.3. The van der Waals surface area contributed by atoms with Crippen molar-refractivity contribution in [2.24, 2.45) is 0 Å². The van der Waals surface area contributed by atoms with Crippen molar-refractivity contribution in [2.75, 3.05) is 11.9 Å². The molecule has 21 heavy (non-hydrogen) atoms. The van der Waals surface area contributed by atoms with E-state index in [4.69, 9.17) is 0 Å². The molecule has 1 aromatic carbocycles. The first-order valence-corrected chi connectivity index (χ1v) is 7.08. The van der Waals surface area contributed by atoms with Crippen LogP contribution in [0.15, 0.2) is 42.6 Å². The van der Waals surface area contributed by atoms with Gasteiger partial charge in [-0.2, -0.15) is 0 Å². The fourth-order valence-electron chi connectivity index (χ4n) is 2.32. The van der Waals surface area contributed by atoms with Crippen molar-refractivity contribution in [3.8, 4) is 0 Å². The molecule has 0 fully saturated rings. The van der Waals surface area contributed by atoms with Gasteiger partial charge in [-0.15, -0.1) is 0 Å². The fourth-order valence-corrected chi connectivity index (χ4v) is 2.32. The highest BCUT2D eigenvalue weighted by Gasteiger charge is 2.21. The Bertz CT molecular complexity index is 611. The normalized spacial score (nSPS) is 12.0. The van der Waals surface area contributed by atoms with E-state index in [9.17, 15) is 9.90 Å². The van der Waals surface area contributed by atoms with Gasteiger partial charge in [-0.25, -0.2) is 0 Å². The summed E-state index contributed by atoms with van der Waals surface area (Å²) in [6.45, 7) is 3.67. The van der Waals surface area contributed by atoms with E-state index < -0.39 is 5.92 Å². The molecule has 2 N–H and O–H groups in total. The van der Waals surface area contributed by atoms with Gasteiger partial charge >= 0.3 is 0 Å². The summed E-state index contributed by atoms with van der Waals surface area (Å²) >= 11 is 0. The van der Waals surface area contributed by atoms with Gasteiger partial charge in [0.2, 0.25) is 5.91 Å². The Morgan fingerprint density at radius 2 is 2.00 bits per heavy atom. The molecule has 1 atom stereocenters. The number of anilines is 1. The van der Waals surface area contributed by atoms with E-state index in [-0.39, 0.29) is 12.5 Å². The number of carbonyl (C=O) groups is 1. The SMILES string of the molecule is CCc1ccnc(C)c1NC(=O)C(CO)c1ccccc1. The Morgan fingerprint density at radius 1 is 1.29 bits per heavy atom. The zero-order valence-electron chi connectivity index (χ0n) is 12.3. The van der Waals surface area contributed by atoms with Gasteiger partial charge in [-0.05, 0) is 30.5 Å². The lowest BCUT2D eigenvalue weighted by Crippen LogP contribution is -2.25. The lowest BCUT2D eigenvalue weighted by molar-refractivity contribution is -0.118. The molecule has 1 amide bonds. The van der Waals surface area contributed by atoms with Crippen LogP contribution in [0.4, 0.5) is 5.69 Å². The number of benzene rings is 1. The molecule has 0 bridgehead atoms. The van der Waals surface area contributed by atoms with Gasteiger partial charge in [0, 0.05) is 6.20 Å². The van der Waals surface area contributed by atoms with Crippen LogP contribution in [0.5, 0.6) is 0 Å². The van der Waals surface area contributed by atoms with Crippen LogP contribution in [0.2, 0.25) is 0 Å².